The maximum absolute atomic E-state index is 13.6. The van der Waals surface area contributed by atoms with E-state index in [4.69, 9.17) is 0 Å². The summed E-state index contributed by atoms with van der Waals surface area (Å²) in [5, 5.41) is 8.05. The first-order valence-electron chi connectivity index (χ1n) is 10.4. The average Bonchev–Trinajstić information content (AvgIpc) is 3.44. The van der Waals surface area contributed by atoms with E-state index in [2.05, 4.69) is 10.3 Å². The van der Waals surface area contributed by atoms with Gasteiger partial charge in [0.2, 0.25) is 10.0 Å². The zero-order valence-electron chi connectivity index (χ0n) is 16.8. The second-order valence-corrected chi connectivity index (χ2v) is 9.77. The van der Waals surface area contributed by atoms with Crippen LogP contribution in [0.3, 0.4) is 0 Å². The van der Waals surface area contributed by atoms with Gasteiger partial charge in [0, 0.05) is 32.2 Å². The van der Waals surface area contributed by atoms with E-state index in [9.17, 15) is 17.6 Å². The molecule has 1 unspecified atom stereocenters. The summed E-state index contributed by atoms with van der Waals surface area (Å²) in [5.41, 5.74) is 0.324. The van der Waals surface area contributed by atoms with Gasteiger partial charge in [-0.05, 0) is 50.3 Å². The van der Waals surface area contributed by atoms with Gasteiger partial charge in [-0.1, -0.05) is 17.7 Å². The van der Waals surface area contributed by atoms with Gasteiger partial charge in [-0.15, -0.1) is 5.10 Å². The molecule has 2 fully saturated rings. The van der Waals surface area contributed by atoms with Gasteiger partial charge in [0.15, 0.2) is 5.69 Å². The largest absolute Gasteiger partial charge is 0.337 e. The van der Waals surface area contributed by atoms with E-state index >= 15 is 0 Å². The molecule has 0 aliphatic carbocycles. The summed E-state index contributed by atoms with van der Waals surface area (Å²) >= 11 is 0. The van der Waals surface area contributed by atoms with Gasteiger partial charge in [0.05, 0.1) is 11.1 Å². The van der Waals surface area contributed by atoms with Crippen LogP contribution in [0.5, 0.6) is 0 Å². The molecule has 3 heterocycles. The Labute approximate surface area is 175 Å². The van der Waals surface area contributed by atoms with Crippen molar-refractivity contribution in [2.24, 2.45) is 0 Å². The maximum Gasteiger partial charge on any atom is 0.276 e. The lowest BCUT2D eigenvalue weighted by Gasteiger charge is -2.34. The molecule has 1 aromatic heterocycles. The zero-order chi connectivity index (χ0) is 21.1. The van der Waals surface area contributed by atoms with Crippen molar-refractivity contribution >= 4 is 15.9 Å². The number of piperidine rings is 1. The van der Waals surface area contributed by atoms with E-state index in [1.807, 2.05) is 0 Å². The summed E-state index contributed by atoms with van der Waals surface area (Å²) in [7, 11) is -3.77. The van der Waals surface area contributed by atoms with Crippen molar-refractivity contribution in [3.05, 3.63) is 42.0 Å². The summed E-state index contributed by atoms with van der Waals surface area (Å²) < 4.78 is 42.8. The van der Waals surface area contributed by atoms with Gasteiger partial charge in [-0.2, -0.15) is 4.31 Å². The molecule has 30 heavy (non-hydrogen) atoms. The second-order valence-electron chi connectivity index (χ2n) is 7.88. The van der Waals surface area contributed by atoms with E-state index in [1.165, 1.54) is 22.5 Å². The normalized spacial score (nSPS) is 20.6. The first-order valence-corrected chi connectivity index (χ1v) is 11.9. The topological polar surface area (TPSA) is 88.4 Å². The van der Waals surface area contributed by atoms with Gasteiger partial charge in [-0.3, -0.25) is 9.48 Å². The number of amides is 1. The van der Waals surface area contributed by atoms with Gasteiger partial charge < -0.3 is 4.90 Å². The van der Waals surface area contributed by atoms with Crippen LogP contribution in [0.25, 0.3) is 0 Å². The molecule has 4 rings (SSSR count). The number of hydrogen-bond donors (Lipinski definition) is 0. The average molecular weight is 436 g/mol. The summed E-state index contributed by atoms with van der Waals surface area (Å²) in [6.45, 7) is 2.38. The molecule has 0 spiro atoms. The van der Waals surface area contributed by atoms with Gasteiger partial charge in [0.25, 0.3) is 5.91 Å². The third-order valence-electron chi connectivity index (χ3n) is 5.82. The number of halogens is 1. The van der Waals surface area contributed by atoms with Crippen molar-refractivity contribution in [3.8, 4) is 0 Å². The Morgan fingerprint density at radius 2 is 1.90 bits per heavy atom. The van der Waals surface area contributed by atoms with Crippen LogP contribution in [0.1, 0.15) is 49.0 Å². The SMILES string of the molecule is O=C(c1cn(CCC2CCCCN2S(=O)(=O)c2cccc(F)c2)nn1)N1CCCC1. The molecule has 0 saturated carbocycles. The number of aryl methyl sites for hydroxylation is 1. The van der Waals surface area contributed by atoms with Crippen LogP contribution in [-0.2, 0) is 16.6 Å². The number of likely N-dealkylation sites (tertiary alicyclic amines) is 1. The Morgan fingerprint density at radius 1 is 1.13 bits per heavy atom. The number of sulfonamides is 1. The lowest BCUT2D eigenvalue weighted by Crippen LogP contribution is -2.44. The van der Waals surface area contributed by atoms with Crippen LogP contribution in [0, 0.1) is 5.82 Å². The van der Waals surface area contributed by atoms with Crippen molar-refractivity contribution < 1.29 is 17.6 Å². The number of nitrogens with zero attached hydrogens (tertiary/aromatic N) is 5. The fourth-order valence-corrected chi connectivity index (χ4v) is 5.97. The molecular weight excluding hydrogens is 409 g/mol. The Bertz CT molecular complexity index is 1000. The number of benzene rings is 1. The predicted octanol–water partition coefficient (Wildman–Crippen LogP) is 2.29. The van der Waals surface area contributed by atoms with Gasteiger partial charge in [-0.25, -0.2) is 12.8 Å². The number of hydrogen-bond acceptors (Lipinski definition) is 5. The van der Waals surface area contributed by atoms with Crippen LogP contribution >= 0.6 is 0 Å². The Hall–Kier alpha value is -2.33. The van der Waals surface area contributed by atoms with E-state index in [0.717, 1.165) is 51.3 Å². The molecule has 162 valence electrons. The molecule has 1 atom stereocenters. The number of carbonyl (C=O) groups is 1. The minimum atomic E-state index is -3.77. The second kappa shape index (κ2) is 8.81. The zero-order valence-corrected chi connectivity index (χ0v) is 17.6. The maximum atomic E-state index is 13.6. The van der Waals surface area contributed by atoms with Crippen LogP contribution in [0.4, 0.5) is 4.39 Å². The van der Waals surface area contributed by atoms with Crippen molar-refractivity contribution in [2.75, 3.05) is 19.6 Å². The summed E-state index contributed by atoms with van der Waals surface area (Å²) in [6.07, 6.45) is 6.67. The van der Waals surface area contributed by atoms with E-state index in [0.29, 0.717) is 25.2 Å². The first kappa shape index (κ1) is 20.9. The number of aromatic nitrogens is 3. The molecule has 10 heteroatoms. The molecular formula is C20H26FN5O3S. The Kier molecular flexibility index (Phi) is 6.14. The van der Waals surface area contributed by atoms with E-state index in [1.54, 1.807) is 15.8 Å². The molecule has 2 saturated heterocycles. The van der Waals surface area contributed by atoms with Crippen LogP contribution < -0.4 is 0 Å². The number of rotatable bonds is 6. The summed E-state index contributed by atoms with van der Waals surface area (Å²) in [4.78, 5) is 14.2. The van der Waals surface area contributed by atoms with Crippen molar-refractivity contribution in [1.82, 2.24) is 24.2 Å². The molecule has 2 aliphatic heterocycles. The third kappa shape index (κ3) is 4.39. The van der Waals surface area contributed by atoms with Gasteiger partial charge in [0.1, 0.15) is 5.82 Å². The lowest BCUT2D eigenvalue weighted by molar-refractivity contribution is 0.0787. The Morgan fingerprint density at radius 3 is 2.67 bits per heavy atom. The molecule has 1 amide bonds. The van der Waals surface area contributed by atoms with Crippen molar-refractivity contribution in [1.29, 1.82) is 0 Å². The van der Waals surface area contributed by atoms with Crippen molar-refractivity contribution in [2.45, 2.75) is 56.0 Å². The summed E-state index contributed by atoms with van der Waals surface area (Å²) in [5.74, 6) is -0.672. The minimum absolute atomic E-state index is 0.0198. The standard InChI is InChI=1S/C20H26FN5O3S/c21-16-6-5-8-18(14-16)30(28,29)26-12-2-1-7-17(26)9-13-25-15-19(22-23-25)20(27)24-10-3-4-11-24/h5-6,8,14-15,17H,1-4,7,9-13H2. The van der Waals surface area contributed by atoms with Crippen molar-refractivity contribution in [3.63, 3.8) is 0 Å². The van der Waals surface area contributed by atoms with Gasteiger partial charge >= 0.3 is 0 Å². The van der Waals surface area contributed by atoms with E-state index < -0.39 is 15.8 Å². The molecule has 8 nitrogen and oxygen atoms in total. The fraction of sp³-hybridized carbons (Fsp3) is 0.550. The highest BCUT2D eigenvalue weighted by Gasteiger charge is 2.33. The number of carbonyl (C=O) groups excluding carboxylic acids is 1. The molecule has 1 aromatic carbocycles. The molecule has 0 N–H and O–H groups in total. The van der Waals surface area contributed by atoms with E-state index in [-0.39, 0.29) is 16.8 Å². The molecule has 2 aliphatic rings. The molecule has 2 aromatic rings. The van der Waals surface area contributed by atoms with Crippen LogP contribution in [0.15, 0.2) is 35.4 Å². The quantitative estimate of drug-likeness (QED) is 0.695. The highest BCUT2D eigenvalue weighted by Crippen LogP contribution is 2.27. The lowest BCUT2D eigenvalue weighted by atomic mass is 10.0. The van der Waals surface area contributed by atoms with Crippen LogP contribution in [0.2, 0.25) is 0 Å². The fourth-order valence-electron chi connectivity index (χ4n) is 4.21. The summed E-state index contributed by atoms with van der Waals surface area (Å²) in [6, 6.07) is 4.94. The third-order valence-corrected chi connectivity index (χ3v) is 7.77. The predicted molar refractivity (Wildman–Crippen MR) is 108 cm³/mol. The smallest absolute Gasteiger partial charge is 0.276 e. The highest BCUT2D eigenvalue weighted by atomic mass is 32.2. The first-order chi connectivity index (χ1) is 14.4. The minimum Gasteiger partial charge on any atom is -0.337 e. The molecule has 0 bridgehead atoms. The molecule has 0 radical (unpaired) electrons. The monoisotopic (exact) mass is 435 g/mol. The Balaban J connectivity index is 1.44. The highest BCUT2D eigenvalue weighted by molar-refractivity contribution is 7.89. The van der Waals surface area contributed by atoms with Crippen LogP contribution in [-0.4, -0.2) is 64.2 Å².